The molecule has 2 fully saturated rings. The number of hydrogen-bond acceptors (Lipinski definition) is 3. The van der Waals surface area contributed by atoms with E-state index in [0.717, 1.165) is 52.0 Å². The molecule has 1 aliphatic heterocycles. The van der Waals surface area contributed by atoms with Gasteiger partial charge < -0.3 is 9.84 Å². The van der Waals surface area contributed by atoms with Gasteiger partial charge in [0.1, 0.15) is 0 Å². The second-order valence-electron chi connectivity index (χ2n) is 5.60. The molecule has 104 valence electrons. The fourth-order valence-corrected chi connectivity index (χ4v) is 3.39. The minimum atomic E-state index is -0.611. The van der Waals surface area contributed by atoms with Gasteiger partial charge in [-0.3, -0.25) is 9.69 Å². The molecule has 3 atom stereocenters. The normalized spacial score (nSPS) is 35.1. The van der Waals surface area contributed by atoms with E-state index in [-0.39, 0.29) is 12.0 Å². The topological polar surface area (TPSA) is 49.8 Å². The number of carboxylic acid groups (broad SMARTS) is 1. The predicted molar refractivity (Wildman–Crippen MR) is 69.6 cm³/mol. The summed E-state index contributed by atoms with van der Waals surface area (Å²) in [4.78, 5) is 13.8. The maximum Gasteiger partial charge on any atom is 0.308 e. The standard InChI is InChI=1S/C14H25NO3/c1-2-11-4-5-12(14(16)17)13(10-11)15-6-3-8-18-9-7-15/h11-13H,2-10H2,1H3,(H,16,17). The van der Waals surface area contributed by atoms with E-state index in [1.807, 2.05) is 0 Å². The highest BCUT2D eigenvalue weighted by atomic mass is 16.5. The highest BCUT2D eigenvalue weighted by molar-refractivity contribution is 5.71. The van der Waals surface area contributed by atoms with Gasteiger partial charge in [-0.1, -0.05) is 13.3 Å². The predicted octanol–water partition coefficient (Wildman–Crippen LogP) is 1.99. The maximum absolute atomic E-state index is 11.4. The quantitative estimate of drug-likeness (QED) is 0.838. The van der Waals surface area contributed by atoms with E-state index in [1.54, 1.807) is 0 Å². The Morgan fingerprint density at radius 3 is 2.89 bits per heavy atom. The average Bonchev–Trinajstić information content (AvgIpc) is 2.66. The first-order valence-electron chi connectivity index (χ1n) is 7.27. The van der Waals surface area contributed by atoms with Gasteiger partial charge in [-0.2, -0.15) is 0 Å². The van der Waals surface area contributed by atoms with Gasteiger partial charge in [-0.05, 0) is 31.6 Å². The second-order valence-corrected chi connectivity index (χ2v) is 5.60. The van der Waals surface area contributed by atoms with Crippen LogP contribution in [0.25, 0.3) is 0 Å². The molecule has 0 bridgehead atoms. The summed E-state index contributed by atoms with van der Waals surface area (Å²) in [6.45, 7) is 5.67. The summed E-state index contributed by atoms with van der Waals surface area (Å²) >= 11 is 0. The van der Waals surface area contributed by atoms with Crippen molar-refractivity contribution < 1.29 is 14.6 Å². The zero-order chi connectivity index (χ0) is 13.0. The molecule has 2 aliphatic rings. The van der Waals surface area contributed by atoms with Gasteiger partial charge >= 0.3 is 5.97 Å². The lowest BCUT2D eigenvalue weighted by molar-refractivity contribution is -0.146. The lowest BCUT2D eigenvalue weighted by Crippen LogP contribution is -2.48. The molecule has 0 spiro atoms. The number of hydrogen-bond donors (Lipinski definition) is 1. The highest BCUT2D eigenvalue weighted by Crippen LogP contribution is 2.34. The van der Waals surface area contributed by atoms with Crippen LogP contribution in [-0.2, 0) is 9.53 Å². The summed E-state index contributed by atoms with van der Waals surface area (Å²) in [5.74, 6) is -0.0830. The monoisotopic (exact) mass is 255 g/mol. The highest BCUT2D eigenvalue weighted by Gasteiger charge is 2.37. The molecule has 3 unspecified atom stereocenters. The van der Waals surface area contributed by atoms with Crippen LogP contribution in [0.15, 0.2) is 0 Å². The Kier molecular flexibility index (Phi) is 5.01. The number of aliphatic carboxylic acids is 1. The van der Waals surface area contributed by atoms with Gasteiger partial charge in [0.2, 0.25) is 0 Å². The molecule has 0 radical (unpaired) electrons. The van der Waals surface area contributed by atoms with Crippen molar-refractivity contribution in [2.75, 3.05) is 26.3 Å². The van der Waals surface area contributed by atoms with Crippen LogP contribution in [0.5, 0.6) is 0 Å². The van der Waals surface area contributed by atoms with Crippen LogP contribution in [0.1, 0.15) is 39.0 Å². The van der Waals surface area contributed by atoms with Gasteiger partial charge in [0.15, 0.2) is 0 Å². The molecule has 0 aromatic heterocycles. The molecule has 1 N–H and O–H groups in total. The van der Waals surface area contributed by atoms with Gasteiger partial charge in [0.05, 0.1) is 12.5 Å². The molecular formula is C14H25NO3. The summed E-state index contributed by atoms with van der Waals surface area (Å²) in [6.07, 6.45) is 5.17. The molecular weight excluding hydrogens is 230 g/mol. The molecule has 1 saturated carbocycles. The van der Waals surface area contributed by atoms with Crippen molar-refractivity contribution in [1.82, 2.24) is 4.90 Å². The Morgan fingerprint density at radius 2 is 2.17 bits per heavy atom. The van der Waals surface area contributed by atoms with Crippen molar-refractivity contribution in [1.29, 1.82) is 0 Å². The minimum absolute atomic E-state index is 0.175. The van der Waals surface area contributed by atoms with E-state index < -0.39 is 5.97 Å². The number of carboxylic acids is 1. The van der Waals surface area contributed by atoms with Crippen LogP contribution in [0.4, 0.5) is 0 Å². The Labute approximate surface area is 109 Å². The SMILES string of the molecule is CCC1CCC(C(=O)O)C(N2CCCOCC2)C1. The van der Waals surface area contributed by atoms with Crippen molar-refractivity contribution in [3.05, 3.63) is 0 Å². The molecule has 0 aromatic carbocycles. The average molecular weight is 255 g/mol. The minimum Gasteiger partial charge on any atom is -0.481 e. The number of rotatable bonds is 3. The van der Waals surface area contributed by atoms with Crippen molar-refractivity contribution in [3.63, 3.8) is 0 Å². The van der Waals surface area contributed by atoms with E-state index in [4.69, 9.17) is 4.74 Å². The van der Waals surface area contributed by atoms with Crippen LogP contribution in [0.2, 0.25) is 0 Å². The second kappa shape index (κ2) is 6.53. The maximum atomic E-state index is 11.4. The van der Waals surface area contributed by atoms with Crippen molar-refractivity contribution in [3.8, 4) is 0 Å². The zero-order valence-corrected chi connectivity index (χ0v) is 11.3. The molecule has 18 heavy (non-hydrogen) atoms. The number of nitrogens with zero attached hydrogens (tertiary/aromatic N) is 1. The van der Waals surface area contributed by atoms with Crippen LogP contribution in [0.3, 0.4) is 0 Å². The zero-order valence-electron chi connectivity index (χ0n) is 11.3. The van der Waals surface area contributed by atoms with Crippen molar-refractivity contribution in [2.45, 2.75) is 45.1 Å². The Morgan fingerprint density at radius 1 is 1.33 bits per heavy atom. The van der Waals surface area contributed by atoms with Crippen LogP contribution >= 0.6 is 0 Å². The Hall–Kier alpha value is -0.610. The Bertz CT molecular complexity index is 274. The van der Waals surface area contributed by atoms with Gasteiger partial charge in [-0.15, -0.1) is 0 Å². The van der Waals surface area contributed by atoms with Gasteiger partial charge in [0, 0.05) is 25.7 Å². The summed E-state index contributed by atoms with van der Waals surface area (Å²) in [7, 11) is 0. The summed E-state index contributed by atoms with van der Waals surface area (Å²) < 4.78 is 5.48. The third-order valence-corrected chi connectivity index (χ3v) is 4.55. The molecule has 0 aromatic rings. The van der Waals surface area contributed by atoms with E-state index >= 15 is 0 Å². The summed E-state index contributed by atoms with van der Waals surface area (Å²) in [5.41, 5.74) is 0. The van der Waals surface area contributed by atoms with Crippen molar-refractivity contribution >= 4 is 5.97 Å². The molecule has 1 saturated heterocycles. The van der Waals surface area contributed by atoms with Crippen LogP contribution in [0, 0.1) is 11.8 Å². The third kappa shape index (κ3) is 3.23. The third-order valence-electron chi connectivity index (χ3n) is 4.55. The van der Waals surface area contributed by atoms with E-state index in [9.17, 15) is 9.90 Å². The first-order valence-corrected chi connectivity index (χ1v) is 7.27. The van der Waals surface area contributed by atoms with Gasteiger partial charge in [0.25, 0.3) is 0 Å². The fraction of sp³-hybridized carbons (Fsp3) is 0.929. The summed E-state index contributed by atoms with van der Waals surface area (Å²) in [6, 6.07) is 0.225. The summed E-state index contributed by atoms with van der Waals surface area (Å²) in [5, 5.41) is 9.41. The lowest BCUT2D eigenvalue weighted by atomic mass is 9.76. The first-order chi connectivity index (χ1) is 8.72. The smallest absolute Gasteiger partial charge is 0.308 e. The molecule has 2 rings (SSSR count). The number of ether oxygens (including phenoxy) is 1. The van der Waals surface area contributed by atoms with E-state index in [2.05, 4.69) is 11.8 Å². The molecule has 1 heterocycles. The largest absolute Gasteiger partial charge is 0.481 e. The van der Waals surface area contributed by atoms with E-state index in [0.29, 0.717) is 5.92 Å². The lowest BCUT2D eigenvalue weighted by Gasteiger charge is -2.40. The van der Waals surface area contributed by atoms with Crippen LogP contribution < -0.4 is 0 Å². The Balaban J connectivity index is 2.05. The molecule has 0 amide bonds. The molecule has 1 aliphatic carbocycles. The molecule has 4 heteroatoms. The molecule has 4 nitrogen and oxygen atoms in total. The number of carbonyl (C=O) groups is 1. The van der Waals surface area contributed by atoms with Crippen LogP contribution in [-0.4, -0.2) is 48.3 Å². The first kappa shape index (κ1) is 13.8. The fourth-order valence-electron chi connectivity index (χ4n) is 3.39. The van der Waals surface area contributed by atoms with Gasteiger partial charge in [-0.25, -0.2) is 0 Å². The van der Waals surface area contributed by atoms with E-state index in [1.165, 1.54) is 6.42 Å². The van der Waals surface area contributed by atoms with Crippen molar-refractivity contribution in [2.24, 2.45) is 11.8 Å².